The third-order valence-electron chi connectivity index (χ3n) is 4.82. The van der Waals surface area contributed by atoms with E-state index in [9.17, 15) is 0 Å². The number of nitrogens with zero attached hydrogens (tertiary/aromatic N) is 2. The van der Waals surface area contributed by atoms with Gasteiger partial charge in [0.25, 0.3) is 0 Å². The molecule has 1 heterocycles. The fourth-order valence-corrected chi connectivity index (χ4v) is 3.35. The van der Waals surface area contributed by atoms with Crippen LogP contribution in [0.4, 0.5) is 0 Å². The largest absolute Gasteiger partial charge is 0.496 e. The van der Waals surface area contributed by atoms with Gasteiger partial charge in [0.05, 0.1) is 7.11 Å². The van der Waals surface area contributed by atoms with E-state index in [2.05, 4.69) is 59.2 Å². The highest BCUT2D eigenvalue weighted by Gasteiger charge is 2.19. The summed E-state index contributed by atoms with van der Waals surface area (Å²) in [6.07, 6.45) is 3.22. The quantitative estimate of drug-likeness (QED) is 0.447. The highest BCUT2D eigenvalue weighted by Crippen LogP contribution is 2.19. The first-order valence-corrected chi connectivity index (χ1v) is 9.49. The molecule has 1 fully saturated rings. The minimum atomic E-state index is 0.488. The summed E-state index contributed by atoms with van der Waals surface area (Å²) in [5.74, 6) is 1.84. The number of likely N-dealkylation sites (tertiary alicyclic amines) is 1. The predicted octanol–water partition coefficient (Wildman–Crippen LogP) is 2.75. The van der Waals surface area contributed by atoms with Crippen LogP contribution in [0.25, 0.3) is 0 Å². The molecule has 2 N–H and O–H groups in total. The van der Waals surface area contributed by atoms with Gasteiger partial charge >= 0.3 is 0 Å². The van der Waals surface area contributed by atoms with E-state index in [1.807, 2.05) is 7.05 Å². The van der Waals surface area contributed by atoms with Gasteiger partial charge in [-0.05, 0) is 50.3 Å². The number of nitrogens with one attached hydrogen (secondary N) is 2. The Labute approximate surface area is 158 Å². The molecule has 0 spiro atoms. The molecule has 1 aromatic rings. The van der Waals surface area contributed by atoms with E-state index in [1.165, 1.54) is 16.7 Å². The number of piperidine rings is 1. The number of aliphatic imine (C=N–C) groups is 1. The summed E-state index contributed by atoms with van der Waals surface area (Å²) >= 11 is 0. The van der Waals surface area contributed by atoms with E-state index in [0.29, 0.717) is 6.04 Å². The Morgan fingerprint density at radius 1 is 1.35 bits per heavy atom. The minimum absolute atomic E-state index is 0.488. The van der Waals surface area contributed by atoms with Gasteiger partial charge in [0.1, 0.15) is 5.75 Å². The molecule has 0 aliphatic carbocycles. The van der Waals surface area contributed by atoms with Gasteiger partial charge in [-0.2, -0.15) is 0 Å². The zero-order valence-electron chi connectivity index (χ0n) is 16.8. The second-order valence-electron chi connectivity index (χ2n) is 7.20. The summed E-state index contributed by atoms with van der Waals surface area (Å²) in [5.41, 5.74) is 3.67. The Balaban J connectivity index is 1.74. The molecule has 1 aromatic carbocycles. The Kier molecular flexibility index (Phi) is 7.98. The Morgan fingerprint density at radius 2 is 2.08 bits per heavy atom. The molecule has 5 heteroatoms. The highest BCUT2D eigenvalue weighted by atomic mass is 16.5. The molecule has 26 heavy (non-hydrogen) atoms. The van der Waals surface area contributed by atoms with Crippen LogP contribution in [0.3, 0.4) is 0 Å². The Morgan fingerprint density at radius 3 is 2.69 bits per heavy atom. The molecule has 5 nitrogen and oxygen atoms in total. The molecule has 1 aliphatic rings. The van der Waals surface area contributed by atoms with Crippen molar-refractivity contribution in [2.45, 2.75) is 39.2 Å². The third kappa shape index (κ3) is 6.37. The molecule has 0 atom stereocenters. The standard InChI is InChI=1S/C21H34N4O/c1-16(2)15-25-12-9-19(10-13-25)24-21(22-4)23-11-8-18-7-6-17(3)20(14-18)26-5/h6-7,14,19H,1,8-13,15H2,2-5H3,(H2,22,23,24). The molecule has 0 amide bonds. The van der Waals surface area contributed by atoms with Crippen molar-refractivity contribution in [2.24, 2.45) is 4.99 Å². The van der Waals surface area contributed by atoms with Crippen LogP contribution in [0.5, 0.6) is 5.75 Å². The van der Waals surface area contributed by atoms with Gasteiger partial charge in [-0.3, -0.25) is 9.89 Å². The van der Waals surface area contributed by atoms with Crippen LogP contribution < -0.4 is 15.4 Å². The lowest BCUT2D eigenvalue weighted by atomic mass is 10.0. The van der Waals surface area contributed by atoms with E-state index in [0.717, 1.165) is 57.2 Å². The predicted molar refractivity (Wildman–Crippen MR) is 110 cm³/mol. The summed E-state index contributed by atoms with van der Waals surface area (Å²) < 4.78 is 5.40. The molecule has 0 radical (unpaired) electrons. The number of hydrogen-bond donors (Lipinski definition) is 2. The van der Waals surface area contributed by atoms with E-state index >= 15 is 0 Å². The molecular formula is C21H34N4O. The number of aryl methyl sites for hydroxylation is 1. The molecular weight excluding hydrogens is 324 g/mol. The van der Waals surface area contributed by atoms with Crippen LogP contribution in [-0.2, 0) is 6.42 Å². The summed E-state index contributed by atoms with van der Waals surface area (Å²) in [6, 6.07) is 6.87. The van der Waals surface area contributed by atoms with Crippen molar-refractivity contribution in [3.8, 4) is 5.75 Å². The summed E-state index contributed by atoms with van der Waals surface area (Å²) in [4.78, 5) is 6.84. The maximum absolute atomic E-state index is 5.40. The van der Waals surface area contributed by atoms with Gasteiger partial charge in [-0.15, -0.1) is 0 Å². The molecule has 1 aliphatic heterocycles. The maximum atomic E-state index is 5.40. The first-order chi connectivity index (χ1) is 12.5. The van der Waals surface area contributed by atoms with E-state index in [-0.39, 0.29) is 0 Å². The summed E-state index contributed by atoms with van der Waals surface area (Å²) in [5, 5.41) is 6.99. The van der Waals surface area contributed by atoms with E-state index in [4.69, 9.17) is 4.74 Å². The highest BCUT2D eigenvalue weighted by molar-refractivity contribution is 5.79. The van der Waals surface area contributed by atoms with Crippen LogP contribution in [0.15, 0.2) is 35.3 Å². The Bertz CT molecular complexity index is 618. The van der Waals surface area contributed by atoms with Gasteiger partial charge in [-0.25, -0.2) is 0 Å². The number of rotatable bonds is 7. The van der Waals surface area contributed by atoms with Crippen molar-refractivity contribution in [1.82, 2.24) is 15.5 Å². The van der Waals surface area contributed by atoms with Gasteiger partial charge < -0.3 is 15.4 Å². The number of methoxy groups -OCH3 is 1. The van der Waals surface area contributed by atoms with Crippen molar-refractivity contribution < 1.29 is 4.74 Å². The van der Waals surface area contributed by atoms with Crippen molar-refractivity contribution in [1.29, 1.82) is 0 Å². The average Bonchev–Trinajstić information content (AvgIpc) is 2.63. The fraction of sp³-hybridized carbons (Fsp3) is 0.571. The van der Waals surface area contributed by atoms with Crippen LogP contribution in [0, 0.1) is 6.92 Å². The molecule has 2 rings (SSSR count). The zero-order chi connectivity index (χ0) is 18.9. The van der Waals surface area contributed by atoms with Gasteiger partial charge in [-0.1, -0.05) is 24.3 Å². The molecule has 0 saturated carbocycles. The normalized spacial score (nSPS) is 16.4. The topological polar surface area (TPSA) is 48.9 Å². The molecule has 144 valence electrons. The van der Waals surface area contributed by atoms with Crippen molar-refractivity contribution in [2.75, 3.05) is 40.3 Å². The van der Waals surface area contributed by atoms with Crippen LogP contribution in [0.2, 0.25) is 0 Å². The van der Waals surface area contributed by atoms with Gasteiger partial charge in [0, 0.05) is 39.3 Å². The van der Waals surface area contributed by atoms with Crippen molar-refractivity contribution in [3.05, 3.63) is 41.5 Å². The van der Waals surface area contributed by atoms with Crippen LogP contribution in [-0.4, -0.2) is 57.2 Å². The first-order valence-electron chi connectivity index (χ1n) is 9.49. The van der Waals surface area contributed by atoms with E-state index < -0.39 is 0 Å². The smallest absolute Gasteiger partial charge is 0.191 e. The van der Waals surface area contributed by atoms with Crippen LogP contribution >= 0.6 is 0 Å². The lowest BCUT2D eigenvalue weighted by Crippen LogP contribution is -2.49. The minimum Gasteiger partial charge on any atom is -0.496 e. The SMILES string of the molecule is C=C(C)CN1CCC(NC(=NC)NCCc2ccc(C)c(OC)c2)CC1. The lowest BCUT2D eigenvalue weighted by Gasteiger charge is -2.33. The molecule has 0 unspecified atom stereocenters. The number of guanidine groups is 1. The molecule has 1 saturated heterocycles. The van der Waals surface area contributed by atoms with E-state index in [1.54, 1.807) is 7.11 Å². The zero-order valence-corrected chi connectivity index (χ0v) is 16.8. The number of benzene rings is 1. The summed E-state index contributed by atoms with van der Waals surface area (Å²) in [7, 11) is 3.55. The fourth-order valence-electron chi connectivity index (χ4n) is 3.35. The Hall–Kier alpha value is -2.01. The molecule has 0 aromatic heterocycles. The maximum Gasteiger partial charge on any atom is 0.191 e. The van der Waals surface area contributed by atoms with Gasteiger partial charge in [0.15, 0.2) is 5.96 Å². The van der Waals surface area contributed by atoms with Crippen molar-refractivity contribution in [3.63, 3.8) is 0 Å². The van der Waals surface area contributed by atoms with Crippen molar-refractivity contribution >= 4 is 5.96 Å². The third-order valence-corrected chi connectivity index (χ3v) is 4.82. The van der Waals surface area contributed by atoms with Gasteiger partial charge in [0.2, 0.25) is 0 Å². The first kappa shape index (κ1) is 20.3. The molecule has 0 bridgehead atoms. The number of ether oxygens (including phenoxy) is 1. The second-order valence-corrected chi connectivity index (χ2v) is 7.20. The second kappa shape index (κ2) is 10.2. The average molecular weight is 359 g/mol. The summed E-state index contributed by atoms with van der Waals surface area (Å²) in [6.45, 7) is 12.3. The number of hydrogen-bond acceptors (Lipinski definition) is 3. The van der Waals surface area contributed by atoms with Crippen LogP contribution in [0.1, 0.15) is 30.9 Å². The lowest BCUT2D eigenvalue weighted by molar-refractivity contribution is 0.221. The monoisotopic (exact) mass is 358 g/mol.